The van der Waals surface area contributed by atoms with Crippen molar-refractivity contribution >= 4 is 5.69 Å². The van der Waals surface area contributed by atoms with E-state index in [1.807, 2.05) is 30.3 Å². The maximum Gasteiger partial charge on any atom is 0.109 e. The highest BCUT2D eigenvalue weighted by Crippen LogP contribution is 2.12. The molecule has 4 heteroatoms. The molecular weight excluding hydrogens is 178 g/mol. The van der Waals surface area contributed by atoms with Gasteiger partial charge in [0.1, 0.15) is 12.5 Å². The predicted molar refractivity (Wildman–Crippen MR) is 52.2 cm³/mol. The fraction of sp³-hybridized carbons (Fsp3) is 0. The summed E-state index contributed by atoms with van der Waals surface area (Å²) in [5.41, 5.74) is 0.820. The Morgan fingerprint density at radius 1 is 1.00 bits per heavy atom. The van der Waals surface area contributed by atoms with Gasteiger partial charge in [-0.15, -0.1) is 5.11 Å². The minimum Gasteiger partial charge on any atom is -0.469 e. The molecule has 0 amide bonds. The Bertz CT molecular complexity index is 358. The molecule has 0 bridgehead atoms. The molecule has 4 nitrogen and oxygen atoms in total. The highest BCUT2D eigenvalue weighted by molar-refractivity contribution is 5.34. The number of nitrogens with zero attached hydrogens (tertiary/aromatic N) is 3. The van der Waals surface area contributed by atoms with Crippen molar-refractivity contribution in [2.24, 2.45) is 10.3 Å². The van der Waals surface area contributed by atoms with Gasteiger partial charge in [0, 0.05) is 0 Å². The molecule has 0 aliphatic carbocycles. The van der Waals surface area contributed by atoms with E-state index in [2.05, 4.69) is 10.3 Å². The van der Waals surface area contributed by atoms with Crippen LogP contribution in [0, 0.1) is 0 Å². The third-order valence-electron chi connectivity index (χ3n) is 1.60. The van der Waals surface area contributed by atoms with E-state index in [0.717, 1.165) is 5.69 Å². The summed E-state index contributed by atoms with van der Waals surface area (Å²) >= 11 is 0. The SMILES string of the molecule is C1=CN(N=Nc2ccccc2)C=CO1. The zero-order chi connectivity index (χ0) is 9.64. The Morgan fingerprint density at radius 2 is 1.71 bits per heavy atom. The van der Waals surface area contributed by atoms with Gasteiger partial charge in [-0.2, -0.15) is 0 Å². The molecule has 2 rings (SSSR count). The van der Waals surface area contributed by atoms with Crippen LogP contribution in [-0.4, -0.2) is 5.01 Å². The number of benzene rings is 1. The van der Waals surface area contributed by atoms with Gasteiger partial charge >= 0.3 is 0 Å². The van der Waals surface area contributed by atoms with Crippen molar-refractivity contribution in [3.8, 4) is 0 Å². The summed E-state index contributed by atoms with van der Waals surface area (Å²) in [7, 11) is 0. The molecule has 14 heavy (non-hydrogen) atoms. The first-order valence-corrected chi connectivity index (χ1v) is 4.19. The number of hydrogen-bond acceptors (Lipinski definition) is 3. The molecule has 0 aromatic heterocycles. The first-order valence-electron chi connectivity index (χ1n) is 4.19. The van der Waals surface area contributed by atoms with Gasteiger partial charge in [-0.1, -0.05) is 23.4 Å². The molecule has 70 valence electrons. The molecule has 1 aliphatic heterocycles. The van der Waals surface area contributed by atoms with E-state index < -0.39 is 0 Å². The molecule has 0 spiro atoms. The van der Waals surface area contributed by atoms with Crippen LogP contribution in [0.4, 0.5) is 5.69 Å². The summed E-state index contributed by atoms with van der Waals surface area (Å²) in [5.74, 6) is 0. The van der Waals surface area contributed by atoms with Crippen molar-refractivity contribution in [2.75, 3.05) is 0 Å². The van der Waals surface area contributed by atoms with Crippen LogP contribution in [0.1, 0.15) is 0 Å². The molecule has 0 unspecified atom stereocenters. The Morgan fingerprint density at radius 3 is 2.43 bits per heavy atom. The number of rotatable bonds is 2. The van der Waals surface area contributed by atoms with Crippen molar-refractivity contribution in [1.82, 2.24) is 5.01 Å². The van der Waals surface area contributed by atoms with E-state index in [1.165, 1.54) is 12.5 Å². The summed E-state index contributed by atoms with van der Waals surface area (Å²) in [4.78, 5) is 0. The maximum atomic E-state index is 4.85. The highest BCUT2D eigenvalue weighted by Gasteiger charge is 1.94. The van der Waals surface area contributed by atoms with Crippen LogP contribution in [0.15, 0.2) is 65.6 Å². The van der Waals surface area contributed by atoms with Gasteiger partial charge in [0.15, 0.2) is 0 Å². The molecule has 0 radical (unpaired) electrons. The van der Waals surface area contributed by atoms with Crippen LogP contribution in [0.2, 0.25) is 0 Å². The second-order valence-corrected chi connectivity index (χ2v) is 2.61. The first-order chi connectivity index (χ1) is 6.95. The van der Waals surface area contributed by atoms with E-state index in [0.29, 0.717) is 0 Å². The maximum absolute atomic E-state index is 4.85. The average molecular weight is 187 g/mol. The minimum absolute atomic E-state index is 0.820. The van der Waals surface area contributed by atoms with Crippen LogP contribution in [0.5, 0.6) is 0 Å². The lowest BCUT2D eigenvalue weighted by molar-refractivity contribution is 0.343. The third-order valence-corrected chi connectivity index (χ3v) is 1.60. The third kappa shape index (κ3) is 2.20. The summed E-state index contributed by atoms with van der Waals surface area (Å²) < 4.78 is 4.85. The van der Waals surface area contributed by atoms with Crippen LogP contribution in [0.3, 0.4) is 0 Å². The molecule has 0 fully saturated rings. The van der Waals surface area contributed by atoms with Crippen LogP contribution >= 0.6 is 0 Å². The van der Waals surface area contributed by atoms with E-state index in [9.17, 15) is 0 Å². The highest BCUT2D eigenvalue weighted by atomic mass is 16.5. The molecule has 0 saturated heterocycles. The zero-order valence-corrected chi connectivity index (χ0v) is 7.45. The Balaban J connectivity index is 2.03. The number of hydrogen-bond donors (Lipinski definition) is 0. The van der Waals surface area contributed by atoms with E-state index in [1.54, 1.807) is 17.4 Å². The Kier molecular flexibility index (Phi) is 2.56. The first kappa shape index (κ1) is 8.50. The molecule has 0 saturated carbocycles. The lowest BCUT2D eigenvalue weighted by atomic mass is 10.3. The second kappa shape index (κ2) is 4.23. The largest absolute Gasteiger partial charge is 0.469 e. The molecule has 1 aliphatic rings. The Labute approximate surface area is 81.8 Å². The van der Waals surface area contributed by atoms with Gasteiger partial charge in [-0.25, -0.2) is 5.01 Å². The Hall–Kier alpha value is -2.10. The molecule has 0 N–H and O–H groups in total. The van der Waals surface area contributed by atoms with E-state index >= 15 is 0 Å². The van der Waals surface area contributed by atoms with Crippen molar-refractivity contribution in [3.05, 3.63) is 55.3 Å². The van der Waals surface area contributed by atoms with Crippen molar-refractivity contribution in [3.63, 3.8) is 0 Å². The second-order valence-electron chi connectivity index (χ2n) is 2.61. The lowest BCUT2D eigenvalue weighted by Gasteiger charge is -2.08. The minimum atomic E-state index is 0.820. The van der Waals surface area contributed by atoms with Crippen LogP contribution in [-0.2, 0) is 4.74 Å². The van der Waals surface area contributed by atoms with Gasteiger partial charge in [-0.3, -0.25) is 0 Å². The summed E-state index contributed by atoms with van der Waals surface area (Å²) in [5, 5.41) is 9.55. The lowest BCUT2D eigenvalue weighted by Crippen LogP contribution is -2.01. The van der Waals surface area contributed by atoms with E-state index in [4.69, 9.17) is 4.74 Å². The average Bonchev–Trinajstić information content (AvgIpc) is 2.29. The van der Waals surface area contributed by atoms with E-state index in [-0.39, 0.29) is 0 Å². The fourth-order valence-corrected chi connectivity index (χ4v) is 0.948. The van der Waals surface area contributed by atoms with Gasteiger partial charge in [0.2, 0.25) is 0 Å². The van der Waals surface area contributed by atoms with Gasteiger partial charge in [0.25, 0.3) is 0 Å². The molecule has 1 aromatic rings. The molecule has 1 aromatic carbocycles. The van der Waals surface area contributed by atoms with Crippen LogP contribution in [0.25, 0.3) is 0 Å². The topological polar surface area (TPSA) is 37.2 Å². The van der Waals surface area contributed by atoms with Gasteiger partial charge in [0.05, 0.1) is 18.1 Å². The monoisotopic (exact) mass is 187 g/mol. The molecule has 1 heterocycles. The quantitative estimate of drug-likeness (QED) is 0.667. The van der Waals surface area contributed by atoms with Crippen molar-refractivity contribution in [1.29, 1.82) is 0 Å². The molecule has 0 atom stereocenters. The smallest absolute Gasteiger partial charge is 0.109 e. The normalized spacial score (nSPS) is 14.7. The zero-order valence-electron chi connectivity index (χ0n) is 7.45. The van der Waals surface area contributed by atoms with Crippen molar-refractivity contribution < 1.29 is 4.74 Å². The van der Waals surface area contributed by atoms with Crippen molar-refractivity contribution in [2.45, 2.75) is 0 Å². The fourth-order valence-electron chi connectivity index (χ4n) is 0.948. The predicted octanol–water partition coefficient (Wildman–Crippen LogP) is 2.96. The summed E-state index contributed by atoms with van der Waals surface area (Å²) in [6, 6.07) is 9.54. The van der Waals surface area contributed by atoms with Gasteiger partial charge < -0.3 is 4.74 Å². The number of ether oxygens (including phenoxy) is 1. The standard InChI is InChI=1S/C10H9N3O/c1-2-4-10(5-3-1)11-12-13-6-8-14-9-7-13/h1-9H. The molecular formula is C10H9N3O. The summed E-state index contributed by atoms with van der Waals surface area (Å²) in [6.07, 6.45) is 6.41. The van der Waals surface area contributed by atoms with Gasteiger partial charge in [-0.05, 0) is 12.1 Å². The summed E-state index contributed by atoms with van der Waals surface area (Å²) in [6.45, 7) is 0. The van der Waals surface area contributed by atoms with Crippen LogP contribution < -0.4 is 0 Å².